The zero-order chi connectivity index (χ0) is 10.4. The first-order chi connectivity index (χ1) is 6.76. The third-order valence-electron chi connectivity index (χ3n) is 2.03. The fourth-order valence-electron chi connectivity index (χ4n) is 1.07. The number of rotatable bonds is 4. The highest BCUT2D eigenvalue weighted by molar-refractivity contribution is 5.93. The van der Waals surface area contributed by atoms with E-state index in [1.807, 2.05) is 37.3 Å². The Morgan fingerprint density at radius 1 is 1.36 bits per heavy atom. The van der Waals surface area contributed by atoms with Crippen molar-refractivity contribution in [3.05, 3.63) is 41.5 Å². The Morgan fingerprint density at radius 3 is 2.50 bits per heavy atom. The van der Waals surface area contributed by atoms with Crippen molar-refractivity contribution in [1.29, 1.82) is 0 Å². The lowest BCUT2D eigenvalue weighted by atomic mass is 10.1. The number of allylic oxidation sites excluding steroid dienone is 1. The third-order valence-corrected chi connectivity index (χ3v) is 2.03. The average Bonchev–Trinajstić information content (AvgIpc) is 2.26. The van der Waals surface area contributed by atoms with Crippen molar-refractivity contribution in [2.24, 2.45) is 5.73 Å². The molecule has 2 N–H and O–H groups in total. The Bertz CT molecular complexity index is 325. The van der Waals surface area contributed by atoms with Gasteiger partial charge in [0.1, 0.15) is 0 Å². The van der Waals surface area contributed by atoms with E-state index in [9.17, 15) is 4.79 Å². The zero-order valence-corrected chi connectivity index (χ0v) is 8.36. The molecule has 0 saturated heterocycles. The number of benzene rings is 1. The van der Waals surface area contributed by atoms with Gasteiger partial charge in [-0.2, -0.15) is 0 Å². The molecule has 14 heavy (non-hydrogen) atoms. The van der Waals surface area contributed by atoms with E-state index in [1.54, 1.807) is 6.08 Å². The van der Waals surface area contributed by atoms with Crippen LogP contribution in [0.15, 0.2) is 30.3 Å². The second-order valence-electron chi connectivity index (χ2n) is 3.10. The van der Waals surface area contributed by atoms with Crippen LogP contribution < -0.4 is 5.73 Å². The van der Waals surface area contributed by atoms with Gasteiger partial charge in [-0.1, -0.05) is 37.3 Å². The minimum absolute atomic E-state index is 0.146. The molecule has 0 aromatic heterocycles. The molecule has 0 atom stereocenters. The summed E-state index contributed by atoms with van der Waals surface area (Å²) in [6, 6.07) is 7.86. The molecule has 0 aliphatic rings. The second kappa shape index (κ2) is 5.35. The number of carbonyl (C=O) groups excluding carboxylic acids is 1. The van der Waals surface area contributed by atoms with Crippen LogP contribution in [0.5, 0.6) is 0 Å². The maximum absolute atomic E-state index is 11.0. The van der Waals surface area contributed by atoms with E-state index in [0.29, 0.717) is 13.0 Å². The molecule has 0 unspecified atom stereocenters. The van der Waals surface area contributed by atoms with Crippen molar-refractivity contribution in [3.8, 4) is 0 Å². The van der Waals surface area contributed by atoms with Gasteiger partial charge in [-0.05, 0) is 17.2 Å². The molecule has 2 heteroatoms. The number of nitrogens with two attached hydrogens (primary N) is 1. The van der Waals surface area contributed by atoms with Gasteiger partial charge in [0.15, 0.2) is 5.78 Å². The molecule has 0 amide bonds. The van der Waals surface area contributed by atoms with E-state index in [-0.39, 0.29) is 5.78 Å². The maximum Gasteiger partial charge on any atom is 0.155 e. The quantitative estimate of drug-likeness (QED) is 0.737. The van der Waals surface area contributed by atoms with Gasteiger partial charge in [0.05, 0.1) is 0 Å². The van der Waals surface area contributed by atoms with Gasteiger partial charge >= 0.3 is 0 Å². The summed E-state index contributed by atoms with van der Waals surface area (Å²) >= 11 is 0. The summed E-state index contributed by atoms with van der Waals surface area (Å²) in [7, 11) is 0. The lowest BCUT2D eigenvalue weighted by Crippen LogP contribution is -1.95. The highest BCUT2D eigenvalue weighted by Gasteiger charge is 1.91. The number of carbonyl (C=O) groups is 1. The Kier molecular flexibility index (Phi) is 4.08. The summed E-state index contributed by atoms with van der Waals surface area (Å²) in [6.45, 7) is 2.40. The SMILES string of the molecule is CCC(=O)C=Cc1ccc(CN)cc1. The van der Waals surface area contributed by atoms with Crippen LogP contribution in [0.25, 0.3) is 6.08 Å². The van der Waals surface area contributed by atoms with Crippen LogP contribution in [0, 0.1) is 0 Å². The predicted molar refractivity (Wildman–Crippen MR) is 58.7 cm³/mol. The minimum atomic E-state index is 0.146. The summed E-state index contributed by atoms with van der Waals surface area (Å²) in [5.41, 5.74) is 7.60. The van der Waals surface area contributed by atoms with Crippen molar-refractivity contribution in [1.82, 2.24) is 0 Å². The van der Waals surface area contributed by atoms with Crippen molar-refractivity contribution in [2.75, 3.05) is 0 Å². The van der Waals surface area contributed by atoms with E-state index >= 15 is 0 Å². The summed E-state index contributed by atoms with van der Waals surface area (Å²) in [5, 5.41) is 0. The first kappa shape index (κ1) is 10.7. The lowest BCUT2D eigenvalue weighted by Gasteiger charge is -1.96. The molecule has 0 aliphatic heterocycles. The Labute approximate surface area is 84.4 Å². The molecule has 0 saturated carbocycles. The molecule has 0 spiro atoms. The predicted octanol–water partition coefficient (Wildman–Crippen LogP) is 2.14. The van der Waals surface area contributed by atoms with Gasteiger partial charge in [0.25, 0.3) is 0 Å². The van der Waals surface area contributed by atoms with Crippen molar-refractivity contribution < 1.29 is 4.79 Å². The zero-order valence-electron chi connectivity index (χ0n) is 8.36. The molecule has 2 nitrogen and oxygen atoms in total. The Hall–Kier alpha value is -1.41. The maximum atomic E-state index is 11.0. The standard InChI is InChI=1S/C12H15NO/c1-2-12(14)8-7-10-3-5-11(9-13)6-4-10/h3-8H,2,9,13H2,1H3. The normalized spacial score (nSPS) is 10.7. The fraction of sp³-hybridized carbons (Fsp3) is 0.250. The Balaban J connectivity index is 2.68. The molecule has 1 rings (SSSR count). The van der Waals surface area contributed by atoms with Gasteiger partial charge in [-0.3, -0.25) is 4.79 Å². The summed E-state index contributed by atoms with van der Waals surface area (Å²) in [4.78, 5) is 11.0. The van der Waals surface area contributed by atoms with Crippen LogP contribution in [0.2, 0.25) is 0 Å². The summed E-state index contributed by atoms with van der Waals surface area (Å²) < 4.78 is 0. The molecule has 0 fully saturated rings. The van der Waals surface area contributed by atoms with Crippen LogP contribution in [0.4, 0.5) is 0 Å². The van der Waals surface area contributed by atoms with Crippen LogP contribution in [-0.2, 0) is 11.3 Å². The van der Waals surface area contributed by atoms with Gasteiger partial charge in [-0.25, -0.2) is 0 Å². The lowest BCUT2D eigenvalue weighted by molar-refractivity contribution is -0.114. The van der Waals surface area contributed by atoms with Crippen LogP contribution in [0.3, 0.4) is 0 Å². The molecule has 0 aliphatic carbocycles. The molecule has 0 radical (unpaired) electrons. The van der Waals surface area contributed by atoms with Gasteiger partial charge in [0.2, 0.25) is 0 Å². The number of hydrogen-bond donors (Lipinski definition) is 1. The highest BCUT2D eigenvalue weighted by atomic mass is 16.1. The number of hydrogen-bond acceptors (Lipinski definition) is 2. The number of ketones is 1. The molecule has 74 valence electrons. The van der Waals surface area contributed by atoms with E-state index < -0.39 is 0 Å². The third kappa shape index (κ3) is 3.15. The van der Waals surface area contributed by atoms with Crippen molar-refractivity contribution in [3.63, 3.8) is 0 Å². The molecule has 1 aromatic carbocycles. The average molecular weight is 189 g/mol. The summed E-state index contributed by atoms with van der Waals surface area (Å²) in [6.07, 6.45) is 3.99. The molecule has 0 heterocycles. The van der Waals surface area contributed by atoms with Crippen LogP contribution in [0.1, 0.15) is 24.5 Å². The van der Waals surface area contributed by atoms with Gasteiger partial charge < -0.3 is 5.73 Å². The fourth-order valence-corrected chi connectivity index (χ4v) is 1.07. The largest absolute Gasteiger partial charge is 0.326 e. The Morgan fingerprint density at radius 2 is 2.00 bits per heavy atom. The van der Waals surface area contributed by atoms with Crippen molar-refractivity contribution >= 4 is 11.9 Å². The minimum Gasteiger partial charge on any atom is -0.326 e. The molecular formula is C12H15NO. The van der Waals surface area contributed by atoms with Crippen LogP contribution in [-0.4, -0.2) is 5.78 Å². The molecule has 0 bridgehead atoms. The van der Waals surface area contributed by atoms with Crippen LogP contribution >= 0.6 is 0 Å². The van der Waals surface area contributed by atoms with E-state index in [4.69, 9.17) is 5.73 Å². The molecule has 1 aromatic rings. The summed E-state index contributed by atoms with van der Waals surface area (Å²) in [5.74, 6) is 0.146. The highest BCUT2D eigenvalue weighted by Crippen LogP contribution is 2.05. The monoisotopic (exact) mass is 189 g/mol. The van der Waals surface area contributed by atoms with Crippen molar-refractivity contribution in [2.45, 2.75) is 19.9 Å². The van der Waals surface area contributed by atoms with E-state index in [2.05, 4.69) is 0 Å². The second-order valence-corrected chi connectivity index (χ2v) is 3.10. The topological polar surface area (TPSA) is 43.1 Å². The van der Waals surface area contributed by atoms with Gasteiger partial charge in [0, 0.05) is 13.0 Å². The first-order valence-electron chi connectivity index (χ1n) is 4.76. The molecular weight excluding hydrogens is 174 g/mol. The first-order valence-corrected chi connectivity index (χ1v) is 4.76. The van der Waals surface area contributed by atoms with E-state index in [1.165, 1.54) is 0 Å². The smallest absolute Gasteiger partial charge is 0.155 e. The van der Waals surface area contributed by atoms with E-state index in [0.717, 1.165) is 11.1 Å². The van der Waals surface area contributed by atoms with Gasteiger partial charge in [-0.15, -0.1) is 0 Å².